The van der Waals surface area contributed by atoms with Crippen LogP contribution in [0.15, 0.2) is 42.5 Å². The van der Waals surface area contributed by atoms with Crippen LogP contribution in [0.1, 0.15) is 28.2 Å². The maximum Gasteiger partial charge on any atom is 0.416 e. The molecule has 0 spiro atoms. The van der Waals surface area contributed by atoms with Gasteiger partial charge in [0.05, 0.1) is 11.5 Å². The fourth-order valence-corrected chi connectivity index (χ4v) is 4.27. The molecule has 0 aromatic heterocycles. The molecule has 0 unspecified atom stereocenters. The van der Waals surface area contributed by atoms with Crippen molar-refractivity contribution in [3.05, 3.63) is 64.7 Å². The summed E-state index contributed by atoms with van der Waals surface area (Å²) in [6, 6.07) is 11.4. The first-order valence-corrected chi connectivity index (χ1v) is 9.81. The molecule has 2 aromatic rings. The van der Waals surface area contributed by atoms with Gasteiger partial charge in [0.15, 0.2) is 0 Å². The highest BCUT2D eigenvalue weighted by atomic mass is 19.4. The zero-order valence-corrected chi connectivity index (χ0v) is 16.2. The van der Waals surface area contributed by atoms with Gasteiger partial charge in [0.25, 0.3) is 0 Å². The second-order valence-electron chi connectivity index (χ2n) is 7.84. The molecule has 2 N–H and O–H groups in total. The van der Waals surface area contributed by atoms with Crippen LogP contribution in [0.5, 0.6) is 0 Å². The van der Waals surface area contributed by atoms with Crippen LogP contribution in [0.3, 0.4) is 0 Å². The Morgan fingerprint density at radius 2 is 1.93 bits per heavy atom. The van der Waals surface area contributed by atoms with Crippen molar-refractivity contribution >= 4 is 11.6 Å². The predicted octanol–water partition coefficient (Wildman–Crippen LogP) is 3.32. The van der Waals surface area contributed by atoms with Crippen LogP contribution >= 0.6 is 0 Å². The number of carbonyl (C=O) groups excluding carboxylic acids is 1. The molecule has 29 heavy (non-hydrogen) atoms. The van der Waals surface area contributed by atoms with Gasteiger partial charge in [-0.15, -0.1) is 0 Å². The number of alkyl halides is 3. The van der Waals surface area contributed by atoms with E-state index in [9.17, 15) is 18.0 Å². The minimum absolute atomic E-state index is 0.0717. The number of halogens is 3. The molecule has 4 nitrogen and oxygen atoms in total. The summed E-state index contributed by atoms with van der Waals surface area (Å²) in [5.41, 5.74) is 3.68. The standard InChI is InChI=1S/C22H24F3N3O/c1-28-9-8-16-10-14(2-7-20(16)28)11-27-21(29)19-13-26-12-18(19)15-3-5-17(6-4-15)22(23,24)25/h2-7,10,18-19,26H,8-9,11-13H2,1H3,(H,27,29)/t18-,19+/m0/s1. The second kappa shape index (κ2) is 7.71. The first-order chi connectivity index (χ1) is 13.8. The van der Waals surface area contributed by atoms with Crippen molar-refractivity contribution in [1.82, 2.24) is 10.6 Å². The van der Waals surface area contributed by atoms with Gasteiger partial charge >= 0.3 is 6.18 Å². The molecular formula is C22H24F3N3O. The molecule has 7 heteroatoms. The highest BCUT2D eigenvalue weighted by Gasteiger charge is 2.35. The van der Waals surface area contributed by atoms with Gasteiger partial charge < -0.3 is 15.5 Å². The van der Waals surface area contributed by atoms with E-state index in [1.165, 1.54) is 23.4 Å². The maximum atomic E-state index is 12.8. The average Bonchev–Trinajstić information content (AvgIpc) is 3.33. The molecule has 1 saturated heterocycles. The summed E-state index contributed by atoms with van der Waals surface area (Å²) < 4.78 is 38.4. The van der Waals surface area contributed by atoms with Crippen molar-refractivity contribution in [2.45, 2.75) is 25.1 Å². The zero-order chi connectivity index (χ0) is 20.6. The summed E-state index contributed by atoms with van der Waals surface area (Å²) in [5.74, 6) is -0.504. The molecule has 154 valence electrons. The Bertz CT molecular complexity index is 895. The molecule has 0 aliphatic carbocycles. The number of fused-ring (bicyclic) bond motifs is 1. The van der Waals surface area contributed by atoms with E-state index >= 15 is 0 Å². The zero-order valence-electron chi connectivity index (χ0n) is 16.2. The number of nitrogens with one attached hydrogen (secondary N) is 2. The lowest BCUT2D eigenvalue weighted by atomic mass is 9.88. The first-order valence-electron chi connectivity index (χ1n) is 9.81. The van der Waals surface area contributed by atoms with Crippen molar-refractivity contribution in [1.29, 1.82) is 0 Å². The lowest BCUT2D eigenvalue weighted by Gasteiger charge is -2.19. The van der Waals surface area contributed by atoms with Crippen molar-refractivity contribution in [3.63, 3.8) is 0 Å². The van der Waals surface area contributed by atoms with Gasteiger partial charge in [0.2, 0.25) is 5.91 Å². The predicted molar refractivity (Wildman–Crippen MR) is 106 cm³/mol. The van der Waals surface area contributed by atoms with E-state index in [-0.39, 0.29) is 17.7 Å². The summed E-state index contributed by atoms with van der Waals surface area (Å²) in [6.07, 6.45) is -3.34. The third-order valence-electron chi connectivity index (χ3n) is 5.96. The Hall–Kier alpha value is -2.54. The largest absolute Gasteiger partial charge is 0.416 e. The van der Waals surface area contributed by atoms with Crippen LogP contribution < -0.4 is 15.5 Å². The molecule has 2 aromatic carbocycles. The van der Waals surface area contributed by atoms with Gasteiger partial charge in [-0.2, -0.15) is 13.2 Å². The van der Waals surface area contributed by atoms with E-state index < -0.39 is 11.7 Å². The monoisotopic (exact) mass is 403 g/mol. The van der Waals surface area contributed by atoms with Gasteiger partial charge in [-0.05, 0) is 41.3 Å². The summed E-state index contributed by atoms with van der Waals surface area (Å²) in [4.78, 5) is 15.0. The van der Waals surface area contributed by atoms with Gasteiger partial charge in [0, 0.05) is 44.8 Å². The Morgan fingerprint density at radius 1 is 1.17 bits per heavy atom. The molecule has 4 rings (SSSR count). The smallest absolute Gasteiger partial charge is 0.374 e. The maximum absolute atomic E-state index is 12.8. The summed E-state index contributed by atoms with van der Waals surface area (Å²) in [5, 5.41) is 6.20. The number of hydrogen-bond acceptors (Lipinski definition) is 3. The van der Waals surface area contributed by atoms with Crippen LogP contribution in [-0.4, -0.2) is 32.6 Å². The summed E-state index contributed by atoms with van der Waals surface area (Å²) >= 11 is 0. The number of benzene rings is 2. The number of amides is 1. The normalized spacial score (nSPS) is 21.3. The van der Waals surface area contributed by atoms with Gasteiger partial charge in [-0.25, -0.2) is 0 Å². The molecule has 1 amide bonds. The van der Waals surface area contributed by atoms with E-state index in [4.69, 9.17) is 0 Å². The highest BCUT2D eigenvalue weighted by molar-refractivity contribution is 5.80. The number of hydrogen-bond donors (Lipinski definition) is 2. The van der Waals surface area contributed by atoms with E-state index in [0.717, 1.165) is 36.2 Å². The molecule has 0 bridgehead atoms. The van der Waals surface area contributed by atoms with E-state index in [0.29, 0.717) is 19.6 Å². The van der Waals surface area contributed by atoms with E-state index in [2.05, 4.69) is 34.7 Å². The minimum atomic E-state index is -4.35. The topological polar surface area (TPSA) is 44.4 Å². The molecule has 2 heterocycles. The van der Waals surface area contributed by atoms with Crippen molar-refractivity contribution in [3.8, 4) is 0 Å². The van der Waals surface area contributed by atoms with Gasteiger partial charge in [-0.3, -0.25) is 4.79 Å². The van der Waals surface area contributed by atoms with Gasteiger partial charge in [0.1, 0.15) is 0 Å². The third kappa shape index (κ3) is 4.10. The number of nitrogens with zero attached hydrogens (tertiary/aromatic N) is 1. The summed E-state index contributed by atoms with van der Waals surface area (Å²) in [7, 11) is 2.07. The van der Waals surface area contributed by atoms with Crippen LogP contribution in [0.4, 0.5) is 18.9 Å². The average molecular weight is 403 g/mol. The van der Waals surface area contributed by atoms with Gasteiger partial charge in [-0.1, -0.05) is 24.3 Å². The number of rotatable bonds is 4. The second-order valence-corrected chi connectivity index (χ2v) is 7.84. The van der Waals surface area contributed by atoms with Crippen LogP contribution in [0, 0.1) is 5.92 Å². The molecule has 2 atom stereocenters. The molecule has 0 radical (unpaired) electrons. The highest BCUT2D eigenvalue weighted by Crippen LogP contribution is 2.33. The molecule has 0 saturated carbocycles. The quantitative estimate of drug-likeness (QED) is 0.823. The van der Waals surface area contributed by atoms with Crippen molar-refractivity contribution in [2.75, 3.05) is 31.6 Å². The molecule has 2 aliphatic rings. The fraction of sp³-hybridized carbons (Fsp3) is 0.409. The fourth-order valence-electron chi connectivity index (χ4n) is 4.27. The Morgan fingerprint density at radius 3 is 2.66 bits per heavy atom. The third-order valence-corrected chi connectivity index (χ3v) is 5.96. The first kappa shape index (κ1) is 19.8. The number of carbonyl (C=O) groups is 1. The van der Waals surface area contributed by atoms with Crippen LogP contribution in [0.2, 0.25) is 0 Å². The Balaban J connectivity index is 1.40. The van der Waals surface area contributed by atoms with E-state index in [1.54, 1.807) is 0 Å². The van der Waals surface area contributed by atoms with E-state index in [1.807, 2.05) is 6.07 Å². The minimum Gasteiger partial charge on any atom is -0.374 e. The van der Waals surface area contributed by atoms with Crippen LogP contribution in [-0.2, 0) is 23.9 Å². The van der Waals surface area contributed by atoms with Crippen molar-refractivity contribution < 1.29 is 18.0 Å². The SMILES string of the molecule is CN1CCc2cc(CNC(=O)[C@@H]3CNC[C@H]3c3ccc(C(F)(F)F)cc3)ccc21. The Labute approximate surface area is 168 Å². The Kier molecular flexibility index (Phi) is 5.25. The molecule has 2 aliphatic heterocycles. The lowest BCUT2D eigenvalue weighted by Crippen LogP contribution is -2.34. The molecule has 1 fully saturated rings. The lowest BCUT2D eigenvalue weighted by molar-refractivity contribution is -0.137. The summed E-state index contributed by atoms with van der Waals surface area (Å²) in [6.45, 7) is 2.56. The molecular weight excluding hydrogens is 379 g/mol. The van der Waals surface area contributed by atoms with Crippen LogP contribution in [0.25, 0.3) is 0 Å². The number of likely N-dealkylation sites (N-methyl/N-ethyl adjacent to an activating group) is 1. The van der Waals surface area contributed by atoms with Crippen molar-refractivity contribution in [2.24, 2.45) is 5.92 Å². The number of anilines is 1.